The number of hydrogen-bond acceptors (Lipinski definition) is 4. The lowest BCUT2D eigenvalue weighted by molar-refractivity contribution is -0.133. The Balaban J connectivity index is 2.26. The fraction of sp³-hybridized carbons (Fsp3) is 0.909. The summed E-state index contributed by atoms with van der Waals surface area (Å²) in [5.41, 5.74) is 5.59. The number of piperazine rings is 1. The Morgan fingerprint density at radius 2 is 1.88 bits per heavy atom. The number of carbonyl (C=O) groups is 1. The smallest absolute Gasteiger partial charge is 0.239 e. The van der Waals surface area contributed by atoms with E-state index in [1.807, 2.05) is 4.90 Å². The van der Waals surface area contributed by atoms with E-state index in [1.165, 1.54) is 0 Å². The lowest BCUT2D eigenvalue weighted by atomic mass is 10.2. The summed E-state index contributed by atoms with van der Waals surface area (Å²) in [7, 11) is 4.16. The summed E-state index contributed by atoms with van der Waals surface area (Å²) in [6.45, 7) is 7.45. The van der Waals surface area contributed by atoms with E-state index < -0.39 is 0 Å². The Hall–Kier alpha value is -0.650. The molecular formula is C11H24N4O. The van der Waals surface area contributed by atoms with Crippen LogP contribution in [-0.4, -0.2) is 80.0 Å². The summed E-state index contributed by atoms with van der Waals surface area (Å²) in [4.78, 5) is 18.1. The summed E-state index contributed by atoms with van der Waals surface area (Å²) in [5.74, 6) is 0.0762. The van der Waals surface area contributed by atoms with Crippen molar-refractivity contribution >= 4 is 5.91 Å². The lowest BCUT2D eigenvalue weighted by Gasteiger charge is -2.35. The standard InChI is InChI=1S/C11H24N4O/c1-10(12)11(16)15-8-6-14(7-9-15)5-4-13(2)3/h10H,4-9,12H2,1-3H3. The van der Waals surface area contributed by atoms with Crippen molar-refractivity contribution in [2.24, 2.45) is 5.73 Å². The summed E-state index contributed by atoms with van der Waals surface area (Å²) < 4.78 is 0. The molecule has 1 heterocycles. The molecular weight excluding hydrogens is 204 g/mol. The van der Waals surface area contributed by atoms with Crippen molar-refractivity contribution in [3.05, 3.63) is 0 Å². The number of likely N-dealkylation sites (N-methyl/N-ethyl adjacent to an activating group) is 1. The number of hydrogen-bond donors (Lipinski definition) is 1. The zero-order valence-electron chi connectivity index (χ0n) is 10.6. The molecule has 1 amide bonds. The molecule has 0 spiro atoms. The highest BCUT2D eigenvalue weighted by Crippen LogP contribution is 2.03. The van der Waals surface area contributed by atoms with E-state index in [9.17, 15) is 4.79 Å². The molecule has 0 saturated carbocycles. The highest BCUT2D eigenvalue weighted by Gasteiger charge is 2.22. The van der Waals surface area contributed by atoms with E-state index in [4.69, 9.17) is 5.73 Å². The van der Waals surface area contributed by atoms with E-state index in [2.05, 4.69) is 23.9 Å². The van der Waals surface area contributed by atoms with Crippen LogP contribution >= 0.6 is 0 Å². The Morgan fingerprint density at radius 1 is 1.31 bits per heavy atom. The predicted molar refractivity (Wildman–Crippen MR) is 65.2 cm³/mol. The molecule has 1 saturated heterocycles. The van der Waals surface area contributed by atoms with Crippen LogP contribution in [0.2, 0.25) is 0 Å². The van der Waals surface area contributed by atoms with Crippen molar-refractivity contribution in [1.82, 2.24) is 14.7 Å². The SMILES string of the molecule is CC(N)C(=O)N1CCN(CCN(C)C)CC1. The van der Waals surface area contributed by atoms with E-state index in [0.717, 1.165) is 39.3 Å². The Morgan fingerprint density at radius 3 is 2.31 bits per heavy atom. The van der Waals surface area contributed by atoms with Gasteiger partial charge in [-0.3, -0.25) is 9.69 Å². The van der Waals surface area contributed by atoms with Crippen LogP contribution < -0.4 is 5.73 Å². The molecule has 1 aliphatic rings. The van der Waals surface area contributed by atoms with Gasteiger partial charge >= 0.3 is 0 Å². The van der Waals surface area contributed by atoms with Gasteiger partial charge in [-0.15, -0.1) is 0 Å². The fourth-order valence-corrected chi connectivity index (χ4v) is 1.82. The number of nitrogens with two attached hydrogens (primary N) is 1. The molecule has 16 heavy (non-hydrogen) atoms. The maximum Gasteiger partial charge on any atom is 0.239 e. The minimum absolute atomic E-state index is 0.0762. The van der Waals surface area contributed by atoms with Gasteiger partial charge in [0.25, 0.3) is 0 Å². The number of rotatable bonds is 4. The van der Waals surface area contributed by atoms with Gasteiger partial charge < -0.3 is 15.5 Å². The van der Waals surface area contributed by atoms with Gasteiger partial charge in [-0.25, -0.2) is 0 Å². The van der Waals surface area contributed by atoms with Crippen molar-refractivity contribution in [2.45, 2.75) is 13.0 Å². The third kappa shape index (κ3) is 4.08. The van der Waals surface area contributed by atoms with E-state index in [-0.39, 0.29) is 11.9 Å². The first-order valence-electron chi connectivity index (χ1n) is 5.92. The lowest BCUT2D eigenvalue weighted by Crippen LogP contribution is -2.53. The molecule has 0 aromatic rings. The van der Waals surface area contributed by atoms with Gasteiger partial charge in [-0.1, -0.05) is 0 Å². The Bertz CT molecular complexity index is 222. The average molecular weight is 228 g/mol. The largest absolute Gasteiger partial charge is 0.339 e. The number of nitrogens with zero attached hydrogens (tertiary/aromatic N) is 3. The average Bonchev–Trinajstić information content (AvgIpc) is 2.26. The summed E-state index contributed by atoms with van der Waals surface area (Å²) >= 11 is 0. The third-order valence-electron chi connectivity index (χ3n) is 2.94. The highest BCUT2D eigenvalue weighted by atomic mass is 16.2. The van der Waals surface area contributed by atoms with E-state index >= 15 is 0 Å². The summed E-state index contributed by atoms with van der Waals surface area (Å²) in [6.07, 6.45) is 0. The zero-order valence-corrected chi connectivity index (χ0v) is 10.6. The molecule has 0 radical (unpaired) electrons. The molecule has 94 valence electrons. The Kier molecular flexibility index (Phi) is 5.18. The fourth-order valence-electron chi connectivity index (χ4n) is 1.82. The molecule has 1 atom stereocenters. The summed E-state index contributed by atoms with van der Waals surface area (Å²) in [5, 5.41) is 0. The summed E-state index contributed by atoms with van der Waals surface area (Å²) in [6, 6.07) is -0.367. The maximum atomic E-state index is 11.6. The van der Waals surface area contributed by atoms with Gasteiger partial charge in [0.1, 0.15) is 0 Å². The van der Waals surface area contributed by atoms with Gasteiger partial charge in [-0.05, 0) is 21.0 Å². The van der Waals surface area contributed by atoms with Crippen molar-refractivity contribution in [1.29, 1.82) is 0 Å². The predicted octanol–water partition coefficient (Wildman–Crippen LogP) is -0.961. The van der Waals surface area contributed by atoms with Crippen LogP contribution in [-0.2, 0) is 4.79 Å². The van der Waals surface area contributed by atoms with Crippen LogP contribution in [0.4, 0.5) is 0 Å². The maximum absolute atomic E-state index is 11.6. The first-order valence-corrected chi connectivity index (χ1v) is 5.92. The number of amides is 1. The second-order valence-corrected chi connectivity index (χ2v) is 4.76. The van der Waals surface area contributed by atoms with Gasteiger partial charge in [-0.2, -0.15) is 0 Å². The molecule has 2 N–H and O–H groups in total. The van der Waals surface area contributed by atoms with Crippen LogP contribution in [0.5, 0.6) is 0 Å². The van der Waals surface area contributed by atoms with Crippen molar-refractivity contribution in [3.8, 4) is 0 Å². The van der Waals surface area contributed by atoms with E-state index in [1.54, 1.807) is 6.92 Å². The van der Waals surface area contributed by atoms with Crippen LogP contribution in [0.25, 0.3) is 0 Å². The van der Waals surface area contributed by atoms with Crippen LogP contribution in [0, 0.1) is 0 Å². The second-order valence-electron chi connectivity index (χ2n) is 4.76. The molecule has 1 rings (SSSR count). The van der Waals surface area contributed by atoms with Crippen LogP contribution in [0.3, 0.4) is 0 Å². The molecule has 1 aliphatic heterocycles. The van der Waals surface area contributed by atoms with Gasteiger partial charge in [0.2, 0.25) is 5.91 Å². The first-order chi connectivity index (χ1) is 7.50. The molecule has 5 nitrogen and oxygen atoms in total. The van der Waals surface area contributed by atoms with Crippen molar-refractivity contribution in [2.75, 3.05) is 53.4 Å². The molecule has 1 fully saturated rings. The first kappa shape index (κ1) is 13.4. The van der Waals surface area contributed by atoms with E-state index in [0.29, 0.717) is 0 Å². The van der Waals surface area contributed by atoms with Crippen LogP contribution in [0.15, 0.2) is 0 Å². The zero-order chi connectivity index (χ0) is 12.1. The minimum atomic E-state index is -0.367. The van der Waals surface area contributed by atoms with Gasteiger partial charge in [0, 0.05) is 39.3 Å². The Labute approximate surface area is 98.2 Å². The second kappa shape index (κ2) is 6.18. The molecule has 0 aromatic heterocycles. The van der Waals surface area contributed by atoms with Crippen molar-refractivity contribution in [3.63, 3.8) is 0 Å². The van der Waals surface area contributed by atoms with Gasteiger partial charge in [0.05, 0.1) is 6.04 Å². The molecule has 0 bridgehead atoms. The monoisotopic (exact) mass is 228 g/mol. The molecule has 0 aliphatic carbocycles. The molecule has 5 heteroatoms. The van der Waals surface area contributed by atoms with Crippen molar-refractivity contribution < 1.29 is 4.79 Å². The normalized spacial score (nSPS) is 20.2. The molecule has 1 unspecified atom stereocenters. The number of carbonyl (C=O) groups excluding carboxylic acids is 1. The van der Waals surface area contributed by atoms with Crippen LogP contribution in [0.1, 0.15) is 6.92 Å². The third-order valence-corrected chi connectivity index (χ3v) is 2.94. The highest BCUT2D eigenvalue weighted by molar-refractivity contribution is 5.81. The van der Waals surface area contributed by atoms with Gasteiger partial charge in [0.15, 0.2) is 0 Å². The minimum Gasteiger partial charge on any atom is -0.339 e. The quantitative estimate of drug-likeness (QED) is 0.673. The topological polar surface area (TPSA) is 52.8 Å². The molecule has 0 aromatic carbocycles.